The number of unbranched alkanes of at least 4 members (excludes halogenated alkanes) is 4. The average molecular weight is 294 g/mol. The topological polar surface area (TPSA) is 12.4 Å². The zero-order valence-corrected chi connectivity index (χ0v) is 13.4. The highest BCUT2D eigenvalue weighted by Gasteiger charge is 2.09. The second kappa shape index (κ2) is 8.70. The van der Waals surface area contributed by atoms with E-state index in [1.165, 1.54) is 60.0 Å². The van der Waals surface area contributed by atoms with Crippen molar-refractivity contribution in [1.82, 2.24) is 0 Å². The first kappa shape index (κ1) is 15.0. The second-order valence-electron chi connectivity index (χ2n) is 4.91. The fourth-order valence-electron chi connectivity index (χ4n) is 2.14. The SMILES string of the molecule is CCCCCCCc1ccc(N=C2SCCS2)cc1. The van der Waals surface area contributed by atoms with Crippen LogP contribution in [0.2, 0.25) is 0 Å². The molecule has 2 rings (SSSR count). The Kier molecular flexibility index (Phi) is 6.86. The molecule has 0 amide bonds. The maximum Gasteiger partial charge on any atom is 0.130 e. The van der Waals surface area contributed by atoms with Gasteiger partial charge in [-0.1, -0.05) is 68.3 Å². The molecule has 0 spiro atoms. The molecule has 1 aromatic rings. The fourth-order valence-corrected chi connectivity index (χ4v) is 4.33. The number of benzene rings is 1. The van der Waals surface area contributed by atoms with Gasteiger partial charge in [-0.15, -0.1) is 0 Å². The molecular formula is C16H23NS2. The van der Waals surface area contributed by atoms with Crippen molar-refractivity contribution in [3.05, 3.63) is 29.8 Å². The Morgan fingerprint density at radius 3 is 2.32 bits per heavy atom. The number of hydrogen-bond donors (Lipinski definition) is 0. The summed E-state index contributed by atoms with van der Waals surface area (Å²) in [5, 5.41) is 0. The number of aliphatic imine (C=N–C) groups is 1. The number of aryl methyl sites for hydroxylation is 1. The van der Waals surface area contributed by atoms with Crippen LogP contribution in [0.1, 0.15) is 44.6 Å². The first-order chi connectivity index (χ1) is 9.38. The molecule has 19 heavy (non-hydrogen) atoms. The minimum Gasteiger partial charge on any atom is -0.235 e. The predicted molar refractivity (Wildman–Crippen MR) is 90.9 cm³/mol. The first-order valence-electron chi connectivity index (χ1n) is 7.31. The third-order valence-corrected chi connectivity index (χ3v) is 5.72. The van der Waals surface area contributed by atoms with E-state index >= 15 is 0 Å². The molecule has 1 aliphatic heterocycles. The van der Waals surface area contributed by atoms with Gasteiger partial charge in [0.15, 0.2) is 0 Å². The van der Waals surface area contributed by atoms with Crippen LogP contribution in [0.4, 0.5) is 5.69 Å². The van der Waals surface area contributed by atoms with Gasteiger partial charge in [-0.2, -0.15) is 0 Å². The molecule has 1 fully saturated rings. The zero-order valence-electron chi connectivity index (χ0n) is 11.7. The summed E-state index contributed by atoms with van der Waals surface area (Å²) < 4.78 is 1.23. The Bertz CT molecular complexity index is 390. The first-order valence-corrected chi connectivity index (χ1v) is 9.29. The van der Waals surface area contributed by atoms with E-state index in [1.807, 2.05) is 23.5 Å². The van der Waals surface area contributed by atoms with Crippen LogP contribution in [0, 0.1) is 0 Å². The van der Waals surface area contributed by atoms with Gasteiger partial charge in [0.1, 0.15) is 4.38 Å². The minimum atomic E-state index is 1.10. The molecule has 0 N–H and O–H groups in total. The second-order valence-corrected chi connectivity index (χ2v) is 7.33. The van der Waals surface area contributed by atoms with Crippen LogP contribution >= 0.6 is 23.5 Å². The van der Waals surface area contributed by atoms with Crippen LogP contribution in [0.5, 0.6) is 0 Å². The van der Waals surface area contributed by atoms with E-state index in [9.17, 15) is 0 Å². The minimum absolute atomic E-state index is 1.10. The van der Waals surface area contributed by atoms with Crippen LogP contribution in [-0.2, 0) is 6.42 Å². The van der Waals surface area contributed by atoms with Crippen LogP contribution < -0.4 is 0 Å². The lowest BCUT2D eigenvalue weighted by Crippen LogP contribution is -1.85. The monoisotopic (exact) mass is 293 g/mol. The molecule has 0 bridgehead atoms. The number of hydrogen-bond acceptors (Lipinski definition) is 3. The molecule has 0 saturated carbocycles. The molecule has 0 radical (unpaired) electrons. The van der Waals surface area contributed by atoms with E-state index in [-0.39, 0.29) is 0 Å². The number of rotatable bonds is 7. The van der Waals surface area contributed by atoms with Crippen molar-refractivity contribution in [3.8, 4) is 0 Å². The summed E-state index contributed by atoms with van der Waals surface area (Å²) in [4.78, 5) is 4.66. The highest BCUT2D eigenvalue weighted by atomic mass is 32.2. The van der Waals surface area contributed by atoms with Crippen LogP contribution in [0.15, 0.2) is 29.3 Å². The molecule has 0 aliphatic carbocycles. The average Bonchev–Trinajstić information content (AvgIpc) is 2.93. The molecule has 1 heterocycles. The van der Waals surface area contributed by atoms with Gasteiger partial charge in [-0.3, -0.25) is 0 Å². The third-order valence-electron chi connectivity index (χ3n) is 3.26. The van der Waals surface area contributed by atoms with E-state index in [4.69, 9.17) is 0 Å². The fraction of sp³-hybridized carbons (Fsp3) is 0.562. The highest BCUT2D eigenvalue weighted by molar-refractivity contribution is 8.41. The number of nitrogens with zero attached hydrogens (tertiary/aromatic N) is 1. The summed E-state index contributed by atoms with van der Waals surface area (Å²) in [6, 6.07) is 8.80. The van der Waals surface area contributed by atoms with Crippen molar-refractivity contribution < 1.29 is 0 Å². The Hall–Kier alpha value is -0.410. The summed E-state index contributed by atoms with van der Waals surface area (Å²) >= 11 is 3.75. The van der Waals surface area contributed by atoms with E-state index in [2.05, 4.69) is 36.2 Å². The smallest absolute Gasteiger partial charge is 0.130 e. The van der Waals surface area contributed by atoms with E-state index < -0.39 is 0 Å². The maximum absolute atomic E-state index is 4.66. The van der Waals surface area contributed by atoms with Crippen LogP contribution in [0.25, 0.3) is 0 Å². The summed E-state index contributed by atoms with van der Waals surface area (Å²) in [7, 11) is 0. The molecule has 1 aromatic carbocycles. The van der Waals surface area contributed by atoms with E-state index in [0.29, 0.717) is 0 Å². The van der Waals surface area contributed by atoms with Gasteiger partial charge in [0.2, 0.25) is 0 Å². The van der Waals surface area contributed by atoms with Crippen molar-refractivity contribution in [2.45, 2.75) is 45.4 Å². The number of thioether (sulfide) groups is 2. The quantitative estimate of drug-likeness (QED) is 0.601. The van der Waals surface area contributed by atoms with Crippen LogP contribution in [-0.4, -0.2) is 15.9 Å². The summed E-state index contributed by atoms with van der Waals surface area (Å²) in [5.74, 6) is 2.42. The van der Waals surface area contributed by atoms with Gasteiger partial charge >= 0.3 is 0 Å². The molecular weight excluding hydrogens is 270 g/mol. The molecule has 1 aliphatic rings. The van der Waals surface area contributed by atoms with Gasteiger partial charge in [-0.05, 0) is 30.5 Å². The Morgan fingerprint density at radius 2 is 1.63 bits per heavy atom. The molecule has 0 unspecified atom stereocenters. The Balaban J connectivity index is 1.76. The van der Waals surface area contributed by atoms with E-state index in [1.54, 1.807) is 0 Å². The predicted octanol–water partition coefficient (Wildman–Crippen LogP) is 5.67. The third kappa shape index (κ3) is 5.62. The molecule has 0 atom stereocenters. The van der Waals surface area contributed by atoms with Crippen molar-refractivity contribution in [2.24, 2.45) is 4.99 Å². The standard InChI is InChI=1S/C16H23NS2/c1-2-3-4-5-6-7-14-8-10-15(11-9-14)17-16-18-12-13-19-16/h8-11H,2-7,12-13H2,1H3. The lowest BCUT2D eigenvalue weighted by Gasteiger charge is -2.02. The van der Waals surface area contributed by atoms with E-state index in [0.717, 1.165) is 5.69 Å². The maximum atomic E-state index is 4.66. The van der Waals surface area contributed by atoms with Gasteiger partial charge in [0.05, 0.1) is 5.69 Å². The lowest BCUT2D eigenvalue weighted by atomic mass is 10.1. The molecule has 1 saturated heterocycles. The van der Waals surface area contributed by atoms with Crippen molar-refractivity contribution in [1.29, 1.82) is 0 Å². The van der Waals surface area contributed by atoms with Crippen molar-refractivity contribution in [3.63, 3.8) is 0 Å². The van der Waals surface area contributed by atoms with Crippen LogP contribution in [0.3, 0.4) is 0 Å². The summed E-state index contributed by atoms with van der Waals surface area (Å²) in [6.45, 7) is 2.27. The highest BCUT2D eigenvalue weighted by Crippen LogP contribution is 2.29. The molecule has 3 heteroatoms. The van der Waals surface area contributed by atoms with Crippen molar-refractivity contribution in [2.75, 3.05) is 11.5 Å². The molecule has 1 nitrogen and oxygen atoms in total. The summed E-state index contributed by atoms with van der Waals surface area (Å²) in [5.41, 5.74) is 2.55. The van der Waals surface area contributed by atoms with Gasteiger partial charge < -0.3 is 0 Å². The molecule has 0 aromatic heterocycles. The van der Waals surface area contributed by atoms with Gasteiger partial charge in [0.25, 0.3) is 0 Å². The van der Waals surface area contributed by atoms with Crippen molar-refractivity contribution >= 4 is 33.6 Å². The zero-order chi connectivity index (χ0) is 13.3. The van der Waals surface area contributed by atoms with Gasteiger partial charge in [-0.25, -0.2) is 4.99 Å². The Labute approximate surface area is 125 Å². The lowest BCUT2D eigenvalue weighted by molar-refractivity contribution is 0.632. The van der Waals surface area contributed by atoms with Gasteiger partial charge in [0, 0.05) is 11.5 Å². The largest absolute Gasteiger partial charge is 0.235 e. The molecule has 104 valence electrons. The normalized spacial score (nSPS) is 14.9. The summed E-state index contributed by atoms with van der Waals surface area (Å²) in [6.07, 6.45) is 7.99. The Morgan fingerprint density at radius 1 is 0.947 bits per heavy atom.